The van der Waals surface area contributed by atoms with Crippen molar-refractivity contribution in [2.45, 2.75) is 83.8 Å². The number of amides is 2. The van der Waals surface area contributed by atoms with Crippen LogP contribution in [0.15, 0.2) is 46.9 Å². The minimum Gasteiger partial charge on any atom is -0.483 e. The first-order valence-corrected chi connectivity index (χ1v) is 13.3. The van der Waals surface area contributed by atoms with E-state index in [1.165, 1.54) is 24.1 Å². The summed E-state index contributed by atoms with van der Waals surface area (Å²) in [6.45, 7) is 6.13. The summed E-state index contributed by atoms with van der Waals surface area (Å²) in [5.41, 5.74) is 1.92. The molecule has 0 bridgehead atoms. The molecular weight excluding hydrogens is 511 g/mol. The van der Waals surface area contributed by atoms with Gasteiger partial charge in [-0.3, -0.25) is 9.59 Å². The molecule has 2 aromatic rings. The third kappa shape index (κ3) is 7.79. The summed E-state index contributed by atoms with van der Waals surface area (Å²) in [5.74, 6) is 0.175. The summed E-state index contributed by atoms with van der Waals surface area (Å²) in [5, 5.41) is 3.16. The van der Waals surface area contributed by atoms with Crippen LogP contribution in [0.1, 0.15) is 76.3 Å². The van der Waals surface area contributed by atoms with E-state index in [2.05, 4.69) is 35.1 Å². The maximum atomic E-state index is 13.5. The van der Waals surface area contributed by atoms with Crippen molar-refractivity contribution < 1.29 is 18.7 Å². The standard InChI is InChI=1S/C28H36BrFN2O3/c1-4-25(28(34)31-23-8-6-5-7-9-23)32(17-20-10-13-22(30)14-11-20)27(33)18-35-26-15-12-21(19(2)3)16-24(26)29/h10-16,19,23,25H,4-9,17-18H2,1-3H3,(H,31,34). The Bertz CT molecular complexity index is 990. The highest BCUT2D eigenvalue weighted by Crippen LogP contribution is 2.29. The molecule has 1 N–H and O–H groups in total. The summed E-state index contributed by atoms with van der Waals surface area (Å²) >= 11 is 3.53. The van der Waals surface area contributed by atoms with Gasteiger partial charge in [0.05, 0.1) is 4.47 Å². The fourth-order valence-electron chi connectivity index (χ4n) is 4.47. The Labute approximate surface area is 216 Å². The van der Waals surface area contributed by atoms with Gasteiger partial charge in [0.25, 0.3) is 5.91 Å². The minimum atomic E-state index is -0.634. The first-order chi connectivity index (χ1) is 16.8. The van der Waals surface area contributed by atoms with Gasteiger partial charge in [0.15, 0.2) is 6.61 Å². The molecule has 2 amide bonds. The Hall–Kier alpha value is -2.41. The molecule has 190 valence electrons. The largest absolute Gasteiger partial charge is 0.483 e. The number of ether oxygens (including phenoxy) is 1. The normalized spacial score (nSPS) is 15.0. The lowest BCUT2D eigenvalue weighted by Crippen LogP contribution is -2.52. The maximum absolute atomic E-state index is 13.5. The molecule has 1 aliphatic carbocycles. The molecule has 3 rings (SSSR count). The lowest BCUT2D eigenvalue weighted by atomic mass is 9.95. The Morgan fingerprint density at radius 3 is 2.40 bits per heavy atom. The van der Waals surface area contributed by atoms with E-state index in [4.69, 9.17) is 4.74 Å². The molecule has 1 fully saturated rings. The molecule has 0 aliphatic heterocycles. The third-order valence-electron chi connectivity index (χ3n) is 6.58. The highest BCUT2D eigenvalue weighted by atomic mass is 79.9. The average Bonchev–Trinajstić information content (AvgIpc) is 2.84. The zero-order valence-corrected chi connectivity index (χ0v) is 22.4. The highest BCUT2D eigenvalue weighted by molar-refractivity contribution is 9.10. The van der Waals surface area contributed by atoms with Gasteiger partial charge in [0.1, 0.15) is 17.6 Å². The molecule has 1 saturated carbocycles. The second kappa shape index (κ2) is 13.1. The van der Waals surface area contributed by atoms with E-state index in [0.717, 1.165) is 35.7 Å². The number of hydrogen-bond donors (Lipinski definition) is 1. The van der Waals surface area contributed by atoms with Crippen molar-refractivity contribution in [2.75, 3.05) is 6.61 Å². The zero-order chi connectivity index (χ0) is 25.4. The summed E-state index contributed by atoms with van der Waals surface area (Å²) < 4.78 is 20.1. The summed E-state index contributed by atoms with van der Waals surface area (Å²) in [6, 6.07) is 11.4. The van der Waals surface area contributed by atoms with Gasteiger partial charge in [-0.1, -0.05) is 58.2 Å². The second-order valence-corrected chi connectivity index (χ2v) is 10.4. The molecule has 2 aromatic carbocycles. The van der Waals surface area contributed by atoms with Gasteiger partial charge >= 0.3 is 0 Å². The van der Waals surface area contributed by atoms with Crippen LogP contribution >= 0.6 is 15.9 Å². The van der Waals surface area contributed by atoms with Gasteiger partial charge in [-0.2, -0.15) is 0 Å². The number of nitrogens with zero attached hydrogens (tertiary/aromatic N) is 1. The Morgan fingerprint density at radius 2 is 1.80 bits per heavy atom. The molecule has 1 unspecified atom stereocenters. The van der Waals surface area contributed by atoms with E-state index >= 15 is 0 Å². The Morgan fingerprint density at radius 1 is 1.11 bits per heavy atom. The van der Waals surface area contributed by atoms with Crippen LogP contribution in [0.3, 0.4) is 0 Å². The van der Waals surface area contributed by atoms with Crippen LogP contribution in [-0.2, 0) is 16.1 Å². The molecule has 7 heteroatoms. The molecule has 0 aromatic heterocycles. The van der Waals surface area contributed by atoms with Crippen LogP contribution < -0.4 is 10.1 Å². The van der Waals surface area contributed by atoms with E-state index in [9.17, 15) is 14.0 Å². The van der Waals surface area contributed by atoms with Crippen LogP contribution in [0.5, 0.6) is 5.75 Å². The van der Waals surface area contributed by atoms with Gasteiger partial charge in [-0.05, 0) is 76.5 Å². The molecule has 35 heavy (non-hydrogen) atoms. The monoisotopic (exact) mass is 546 g/mol. The quantitative estimate of drug-likeness (QED) is 0.377. The van der Waals surface area contributed by atoms with Gasteiger partial charge < -0.3 is 15.0 Å². The van der Waals surface area contributed by atoms with Gasteiger partial charge in [-0.15, -0.1) is 0 Å². The fraction of sp³-hybridized carbons (Fsp3) is 0.500. The summed E-state index contributed by atoms with van der Waals surface area (Å²) in [4.78, 5) is 28.2. The van der Waals surface area contributed by atoms with Crippen molar-refractivity contribution in [3.8, 4) is 5.75 Å². The molecule has 0 spiro atoms. The maximum Gasteiger partial charge on any atom is 0.261 e. The number of benzene rings is 2. The van der Waals surface area contributed by atoms with Crippen molar-refractivity contribution in [1.82, 2.24) is 10.2 Å². The van der Waals surface area contributed by atoms with Crippen molar-refractivity contribution in [3.05, 3.63) is 63.9 Å². The van der Waals surface area contributed by atoms with Crippen LogP contribution in [0.25, 0.3) is 0 Å². The molecule has 0 radical (unpaired) electrons. The number of hydrogen-bond acceptors (Lipinski definition) is 3. The SMILES string of the molecule is CCC(C(=O)NC1CCCCC1)N(Cc1ccc(F)cc1)C(=O)COc1ccc(C(C)C)cc1Br. The van der Waals surface area contributed by atoms with Crippen LogP contribution in [-0.4, -0.2) is 35.4 Å². The number of halogens is 2. The predicted octanol–water partition coefficient (Wildman–Crippen LogP) is 6.35. The zero-order valence-electron chi connectivity index (χ0n) is 20.9. The fourth-order valence-corrected chi connectivity index (χ4v) is 4.98. The predicted molar refractivity (Wildman–Crippen MR) is 140 cm³/mol. The number of carbonyl (C=O) groups is 2. The van der Waals surface area contributed by atoms with Crippen molar-refractivity contribution in [2.24, 2.45) is 0 Å². The first-order valence-electron chi connectivity index (χ1n) is 12.5. The molecular formula is C28H36BrFN2O3. The van der Waals surface area contributed by atoms with E-state index < -0.39 is 6.04 Å². The second-order valence-electron chi connectivity index (χ2n) is 9.55. The van der Waals surface area contributed by atoms with Gasteiger partial charge in [0, 0.05) is 12.6 Å². The van der Waals surface area contributed by atoms with E-state index in [1.54, 1.807) is 17.0 Å². The Balaban J connectivity index is 1.76. The number of rotatable bonds is 10. The van der Waals surface area contributed by atoms with E-state index in [-0.39, 0.29) is 36.8 Å². The number of carbonyl (C=O) groups excluding carboxylic acids is 2. The van der Waals surface area contributed by atoms with Crippen molar-refractivity contribution in [3.63, 3.8) is 0 Å². The third-order valence-corrected chi connectivity index (χ3v) is 7.20. The molecule has 1 atom stereocenters. The van der Waals surface area contributed by atoms with E-state index in [0.29, 0.717) is 18.1 Å². The highest BCUT2D eigenvalue weighted by Gasteiger charge is 2.30. The van der Waals surface area contributed by atoms with Crippen molar-refractivity contribution >= 4 is 27.7 Å². The van der Waals surface area contributed by atoms with Crippen LogP contribution in [0, 0.1) is 5.82 Å². The minimum absolute atomic E-state index is 0.141. The lowest BCUT2D eigenvalue weighted by Gasteiger charge is -2.32. The van der Waals surface area contributed by atoms with Gasteiger partial charge in [-0.25, -0.2) is 4.39 Å². The van der Waals surface area contributed by atoms with Gasteiger partial charge in [0.2, 0.25) is 5.91 Å². The molecule has 0 saturated heterocycles. The summed E-state index contributed by atoms with van der Waals surface area (Å²) in [7, 11) is 0. The van der Waals surface area contributed by atoms with E-state index in [1.807, 2.05) is 25.1 Å². The first kappa shape index (κ1) is 27.2. The van der Waals surface area contributed by atoms with Crippen LogP contribution in [0.4, 0.5) is 4.39 Å². The van der Waals surface area contributed by atoms with Crippen molar-refractivity contribution in [1.29, 1.82) is 0 Å². The summed E-state index contributed by atoms with van der Waals surface area (Å²) in [6.07, 6.45) is 5.83. The smallest absolute Gasteiger partial charge is 0.261 e. The number of nitrogens with one attached hydrogen (secondary N) is 1. The van der Waals surface area contributed by atoms with Crippen LogP contribution in [0.2, 0.25) is 0 Å². The molecule has 1 aliphatic rings. The molecule has 5 nitrogen and oxygen atoms in total. The Kier molecular flexibility index (Phi) is 10.1. The topological polar surface area (TPSA) is 58.6 Å². The lowest BCUT2D eigenvalue weighted by molar-refractivity contribution is -0.143. The molecule has 0 heterocycles. The average molecular weight is 548 g/mol.